The molecule has 0 bridgehead atoms. The Morgan fingerprint density at radius 2 is 2.11 bits per heavy atom. The van der Waals surface area contributed by atoms with E-state index in [1.807, 2.05) is 25.3 Å². The van der Waals surface area contributed by atoms with Crippen molar-refractivity contribution < 1.29 is 9.53 Å². The van der Waals surface area contributed by atoms with Crippen LogP contribution in [0.5, 0.6) is 0 Å². The van der Waals surface area contributed by atoms with Crippen LogP contribution in [0.4, 0.5) is 0 Å². The van der Waals surface area contributed by atoms with Crippen LogP contribution >= 0.6 is 0 Å². The highest BCUT2D eigenvalue weighted by molar-refractivity contribution is 6.04. The second kappa shape index (κ2) is 5.25. The van der Waals surface area contributed by atoms with E-state index < -0.39 is 0 Å². The van der Waals surface area contributed by atoms with Crippen LogP contribution in [0.15, 0.2) is 24.4 Å². The van der Waals surface area contributed by atoms with Gasteiger partial charge in [0.15, 0.2) is 0 Å². The molecule has 0 aliphatic carbocycles. The van der Waals surface area contributed by atoms with Crippen LogP contribution in [0.2, 0.25) is 0 Å². The van der Waals surface area contributed by atoms with Crippen molar-refractivity contribution in [2.24, 2.45) is 0 Å². The highest BCUT2D eigenvalue weighted by Crippen LogP contribution is 2.29. The van der Waals surface area contributed by atoms with Gasteiger partial charge in [-0.15, -0.1) is 0 Å². The average Bonchev–Trinajstić information content (AvgIpc) is 2.84. The Morgan fingerprint density at radius 1 is 1.33 bits per heavy atom. The Labute approximate surface area is 107 Å². The van der Waals surface area contributed by atoms with Gasteiger partial charge in [-0.3, -0.25) is 0 Å². The van der Waals surface area contributed by atoms with Crippen molar-refractivity contribution in [1.29, 1.82) is 0 Å². The lowest BCUT2D eigenvalue weighted by Crippen LogP contribution is -2.10. The molecular formula is C15H19NO2. The third-order valence-electron chi connectivity index (χ3n) is 3.38. The van der Waals surface area contributed by atoms with Crippen molar-refractivity contribution >= 4 is 16.9 Å². The van der Waals surface area contributed by atoms with E-state index in [-0.39, 0.29) is 5.97 Å². The van der Waals surface area contributed by atoms with Gasteiger partial charge < -0.3 is 9.72 Å². The SMILES string of the molecule is CCOC(=O)c1c(C(C)CC)ccc2cc[nH]c12. The van der Waals surface area contributed by atoms with Gasteiger partial charge in [-0.1, -0.05) is 26.0 Å². The Hall–Kier alpha value is -1.77. The van der Waals surface area contributed by atoms with Gasteiger partial charge in [-0.05, 0) is 30.9 Å². The van der Waals surface area contributed by atoms with Gasteiger partial charge in [0.2, 0.25) is 0 Å². The van der Waals surface area contributed by atoms with Gasteiger partial charge in [0.25, 0.3) is 0 Å². The maximum Gasteiger partial charge on any atom is 0.340 e. The Morgan fingerprint density at radius 3 is 2.78 bits per heavy atom. The predicted octanol–water partition coefficient (Wildman–Crippen LogP) is 3.86. The molecule has 2 aromatic rings. The molecule has 1 heterocycles. The number of hydrogen-bond acceptors (Lipinski definition) is 2. The van der Waals surface area contributed by atoms with E-state index in [0.29, 0.717) is 18.1 Å². The largest absolute Gasteiger partial charge is 0.462 e. The van der Waals surface area contributed by atoms with Crippen molar-refractivity contribution in [1.82, 2.24) is 4.98 Å². The van der Waals surface area contributed by atoms with Crippen LogP contribution in [-0.4, -0.2) is 17.6 Å². The van der Waals surface area contributed by atoms with Gasteiger partial charge in [0.05, 0.1) is 17.7 Å². The number of hydrogen-bond donors (Lipinski definition) is 1. The standard InChI is InChI=1S/C15H19NO2/c1-4-10(3)12-7-6-11-8-9-16-14(11)13(12)15(17)18-5-2/h6-10,16H,4-5H2,1-3H3. The second-order valence-electron chi connectivity index (χ2n) is 4.50. The van der Waals surface area contributed by atoms with Gasteiger partial charge >= 0.3 is 5.97 Å². The van der Waals surface area contributed by atoms with Crippen molar-refractivity contribution in [2.45, 2.75) is 33.1 Å². The lowest BCUT2D eigenvalue weighted by molar-refractivity contribution is 0.0526. The molecule has 1 aromatic carbocycles. The van der Waals surface area contributed by atoms with E-state index in [1.165, 1.54) is 0 Å². The summed E-state index contributed by atoms with van der Waals surface area (Å²) in [5.74, 6) is 0.109. The average molecular weight is 245 g/mol. The molecule has 0 saturated carbocycles. The van der Waals surface area contributed by atoms with Gasteiger partial charge in [0.1, 0.15) is 0 Å². The van der Waals surface area contributed by atoms with Crippen LogP contribution in [-0.2, 0) is 4.74 Å². The van der Waals surface area contributed by atoms with Gasteiger partial charge in [0, 0.05) is 11.6 Å². The number of aromatic nitrogens is 1. The molecule has 1 aromatic heterocycles. The molecule has 0 amide bonds. The molecule has 0 fully saturated rings. The molecule has 3 heteroatoms. The first-order valence-corrected chi connectivity index (χ1v) is 6.46. The fraction of sp³-hybridized carbons (Fsp3) is 0.400. The van der Waals surface area contributed by atoms with Crippen molar-refractivity contribution in [3.63, 3.8) is 0 Å². The number of fused-ring (bicyclic) bond motifs is 1. The van der Waals surface area contributed by atoms with E-state index in [4.69, 9.17) is 4.74 Å². The first kappa shape index (κ1) is 12.7. The zero-order valence-corrected chi connectivity index (χ0v) is 11.1. The van der Waals surface area contributed by atoms with Gasteiger partial charge in [-0.2, -0.15) is 0 Å². The quantitative estimate of drug-likeness (QED) is 0.831. The highest BCUT2D eigenvalue weighted by Gasteiger charge is 2.20. The van der Waals surface area contributed by atoms with Crippen LogP contribution in [0.3, 0.4) is 0 Å². The molecule has 0 aliphatic heterocycles. The number of carbonyl (C=O) groups is 1. The van der Waals surface area contributed by atoms with E-state index >= 15 is 0 Å². The zero-order valence-electron chi connectivity index (χ0n) is 11.1. The number of esters is 1. The Bertz CT molecular complexity index is 557. The molecule has 0 spiro atoms. The minimum absolute atomic E-state index is 0.235. The molecule has 0 saturated heterocycles. The molecule has 0 aliphatic rings. The molecule has 1 unspecified atom stereocenters. The highest BCUT2D eigenvalue weighted by atomic mass is 16.5. The molecule has 96 valence electrons. The summed E-state index contributed by atoms with van der Waals surface area (Å²) in [6, 6.07) is 6.06. The fourth-order valence-corrected chi connectivity index (χ4v) is 2.20. The first-order chi connectivity index (χ1) is 8.69. The Balaban J connectivity index is 2.62. The van der Waals surface area contributed by atoms with Crippen LogP contribution in [0.1, 0.15) is 49.0 Å². The summed E-state index contributed by atoms with van der Waals surface area (Å²) in [7, 11) is 0. The minimum atomic E-state index is -0.235. The van der Waals surface area contributed by atoms with Gasteiger partial charge in [-0.25, -0.2) is 4.79 Å². The van der Waals surface area contributed by atoms with Crippen molar-refractivity contribution in [3.8, 4) is 0 Å². The first-order valence-electron chi connectivity index (χ1n) is 6.46. The summed E-state index contributed by atoms with van der Waals surface area (Å²) >= 11 is 0. The normalized spacial score (nSPS) is 12.6. The van der Waals surface area contributed by atoms with E-state index in [0.717, 1.165) is 22.9 Å². The maximum atomic E-state index is 12.2. The number of ether oxygens (including phenoxy) is 1. The lowest BCUT2D eigenvalue weighted by atomic mass is 9.92. The number of benzene rings is 1. The monoisotopic (exact) mass is 245 g/mol. The molecular weight excluding hydrogens is 226 g/mol. The molecule has 1 atom stereocenters. The third kappa shape index (κ3) is 2.13. The lowest BCUT2D eigenvalue weighted by Gasteiger charge is -2.15. The predicted molar refractivity (Wildman–Crippen MR) is 73.0 cm³/mol. The molecule has 18 heavy (non-hydrogen) atoms. The number of H-pyrrole nitrogens is 1. The number of carbonyl (C=O) groups excluding carboxylic acids is 1. The molecule has 2 rings (SSSR count). The van der Waals surface area contributed by atoms with Crippen molar-refractivity contribution in [2.75, 3.05) is 6.61 Å². The minimum Gasteiger partial charge on any atom is -0.462 e. The summed E-state index contributed by atoms with van der Waals surface area (Å²) in [6.45, 7) is 6.48. The smallest absolute Gasteiger partial charge is 0.340 e. The number of aromatic amines is 1. The van der Waals surface area contributed by atoms with Crippen LogP contribution < -0.4 is 0 Å². The van der Waals surface area contributed by atoms with Crippen molar-refractivity contribution in [3.05, 3.63) is 35.5 Å². The topological polar surface area (TPSA) is 42.1 Å². The summed E-state index contributed by atoms with van der Waals surface area (Å²) in [5.41, 5.74) is 2.63. The van der Waals surface area contributed by atoms with E-state index in [1.54, 1.807) is 0 Å². The summed E-state index contributed by atoms with van der Waals surface area (Å²) < 4.78 is 5.18. The second-order valence-corrected chi connectivity index (χ2v) is 4.50. The van der Waals surface area contributed by atoms with Crippen LogP contribution in [0.25, 0.3) is 10.9 Å². The molecule has 0 radical (unpaired) electrons. The summed E-state index contributed by atoms with van der Waals surface area (Å²) in [5, 5.41) is 1.05. The maximum absolute atomic E-state index is 12.2. The Kier molecular flexibility index (Phi) is 3.70. The molecule has 1 N–H and O–H groups in total. The third-order valence-corrected chi connectivity index (χ3v) is 3.38. The number of rotatable bonds is 4. The van der Waals surface area contributed by atoms with E-state index in [2.05, 4.69) is 24.9 Å². The summed E-state index contributed by atoms with van der Waals surface area (Å²) in [6.07, 6.45) is 2.85. The van der Waals surface area contributed by atoms with Crippen LogP contribution in [0, 0.1) is 0 Å². The zero-order chi connectivity index (χ0) is 13.1. The fourth-order valence-electron chi connectivity index (χ4n) is 2.20. The van der Waals surface area contributed by atoms with E-state index in [9.17, 15) is 4.79 Å². The number of nitrogens with one attached hydrogen (secondary N) is 1. The molecule has 3 nitrogen and oxygen atoms in total. The summed E-state index contributed by atoms with van der Waals surface area (Å²) in [4.78, 5) is 15.3.